The number of rotatable bonds is 5. The van der Waals surface area contributed by atoms with Crippen molar-refractivity contribution in [1.29, 1.82) is 0 Å². The molecule has 0 radical (unpaired) electrons. The maximum absolute atomic E-state index is 13.3. The Balaban J connectivity index is 1.98. The third kappa shape index (κ3) is 3.74. The molecular formula is C15H15F2NO. The molecule has 2 nitrogen and oxygen atoms in total. The van der Waals surface area contributed by atoms with Crippen molar-refractivity contribution in [2.75, 3.05) is 6.61 Å². The summed E-state index contributed by atoms with van der Waals surface area (Å²) in [7, 11) is 0. The normalized spacial score (nSPS) is 10.5. The molecule has 0 amide bonds. The summed E-state index contributed by atoms with van der Waals surface area (Å²) in [6, 6.07) is 10.3. The molecule has 1 aromatic heterocycles. The van der Waals surface area contributed by atoms with Crippen LogP contribution < -0.4 is 4.74 Å². The number of hydrogen-bond donors (Lipinski definition) is 0. The number of aromatic nitrogens is 1. The largest absolute Gasteiger partial charge is 0.494 e. The molecule has 0 bridgehead atoms. The molecule has 2 rings (SSSR count). The molecule has 4 heteroatoms. The quantitative estimate of drug-likeness (QED) is 0.770. The van der Waals surface area contributed by atoms with Gasteiger partial charge in [0, 0.05) is 5.56 Å². The third-order valence-electron chi connectivity index (χ3n) is 2.81. The molecule has 1 heterocycles. The van der Waals surface area contributed by atoms with Gasteiger partial charge in [0.2, 0.25) is 11.9 Å². The van der Waals surface area contributed by atoms with Crippen molar-refractivity contribution in [3.05, 3.63) is 59.4 Å². The Kier molecular flexibility index (Phi) is 4.44. The van der Waals surface area contributed by atoms with Gasteiger partial charge in [-0.2, -0.15) is 13.8 Å². The van der Waals surface area contributed by atoms with E-state index in [9.17, 15) is 8.78 Å². The molecule has 0 fully saturated rings. The van der Waals surface area contributed by atoms with E-state index in [4.69, 9.17) is 4.74 Å². The molecule has 0 N–H and O–H groups in total. The zero-order valence-corrected chi connectivity index (χ0v) is 10.7. The van der Waals surface area contributed by atoms with E-state index < -0.39 is 11.9 Å². The number of benzene rings is 1. The lowest BCUT2D eigenvalue weighted by molar-refractivity contribution is 0.340. The van der Waals surface area contributed by atoms with Crippen LogP contribution in [0.1, 0.15) is 18.1 Å². The van der Waals surface area contributed by atoms with Crippen LogP contribution in [0.15, 0.2) is 36.4 Å². The van der Waals surface area contributed by atoms with E-state index in [0.29, 0.717) is 25.0 Å². The summed E-state index contributed by atoms with van der Waals surface area (Å²) in [5, 5.41) is 0. The second kappa shape index (κ2) is 6.27. The van der Waals surface area contributed by atoms with Crippen LogP contribution in [0.2, 0.25) is 0 Å². The smallest absolute Gasteiger partial charge is 0.218 e. The van der Waals surface area contributed by atoms with Crippen LogP contribution in [0.3, 0.4) is 0 Å². The van der Waals surface area contributed by atoms with Crippen LogP contribution in [0.5, 0.6) is 5.75 Å². The molecule has 0 aliphatic carbocycles. The first-order valence-electron chi connectivity index (χ1n) is 6.21. The third-order valence-corrected chi connectivity index (χ3v) is 2.81. The molecule has 1 aromatic carbocycles. The predicted molar refractivity (Wildman–Crippen MR) is 69.2 cm³/mol. The second-order valence-corrected chi connectivity index (χ2v) is 4.16. The van der Waals surface area contributed by atoms with Crippen molar-refractivity contribution in [3.63, 3.8) is 0 Å². The van der Waals surface area contributed by atoms with Crippen molar-refractivity contribution in [2.45, 2.75) is 19.8 Å². The minimum atomic E-state index is -0.790. The molecule has 0 saturated carbocycles. The average Bonchev–Trinajstić information content (AvgIpc) is 2.40. The van der Waals surface area contributed by atoms with Gasteiger partial charge < -0.3 is 4.74 Å². The SMILES string of the molecule is CCOc1ccc(CCc2ccc(F)nc2F)cc1. The Morgan fingerprint density at radius 2 is 1.74 bits per heavy atom. The highest BCUT2D eigenvalue weighted by Gasteiger charge is 2.05. The molecule has 2 aromatic rings. The van der Waals surface area contributed by atoms with Gasteiger partial charge in [0.05, 0.1) is 6.61 Å². The zero-order valence-electron chi connectivity index (χ0n) is 10.7. The summed E-state index contributed by atoms with van der Waals surface area (Å²) in [5.74, 6) is -0.700. The van der Waals surface area contributed by atoms with E-state index in [1.54, 1.807) is 0 Å². The standard InChI is InChI=1S/C15H15F2NO/c1-2-19-13-8-4-11(5-9-13)3-6-12-7-10-14(16)18-15(12)17/h4-5,7-10H,2-3,6H2,1H3. The topological polar surface area (TPSA) is 22.1 Å². The summed E-state index contributed by atoms with van der Waals surface area (Å²) in [6.45, 7) is 2.56. The Bertz CT molecular complexity index is 540. The zero-order chi connectivity index (χ0) is 13.7. The van der Waals surface area contributed by atoms with Crippen LogP contribution in [-0.4, -0.2) is 11.6 Å². The number of ether oxygens (including phenoxy) is 1. The first-order chi connectivity index (χ1) is 9.19. The maximum Gasteiger partial charge on any atom is 0.218 e. The number of hydrogen-bond acceptors (Lipinski definition) is 2. The van der Waals surface area contributed by atoms with Crippen LogP contribution in [0.4, 0.5) is 8.78 Å². The number of pyridine rings is 1. The van der Waals surface area contributed by atoms with Crippen LogP contribution in [0.25, 0.3) is 0 Å². The van der Waals surface area contributed by atoms with E-state index in [1.165, 1.54) is 12.1 Å². The van der Waals surface area contributed by atoms with E-state index in [0.717, 1.165) is 11.3 Å². The number of nitrogens with zero attached hydrogens (tertiary/aromatic N) is 1. The average molecular weight is 263 g/mol. The van der Waals surface area contributed by atoms with E-state index >= 15 is 0 Å². The molecule has 0 unspecified atom stereocenters. The molecule has 0 aliphatic heterocycles. The minimum Gasteiger partial charge on any atom is -0.494 e. The van der Waals surface area contributed by atoms with Crippen molar-refractivity contribution in [1.82, 2.24) is 4.98 Å². The van der Waals surface area contributed by atoms with Crippen molar-refractivity contribution >= 4 is 0 Å². The van der Waals surface area contributed by atoms with Crippen LogP contribution in [-0.2, 0) is 12.8 Å². The molecule has 0 aliphatic rings. The number of halogens is 2. The van der Waals surface area contributed by atoms with Crippen LogP contribution in [0, 0.1) is 11.9 Å². The monoisotopic (exact) mass is 263 g/mol. The van der Waals surface area contributed by atoms with Gasteiger partial charge in [-0.25, -0.2) is 0 Å². The molecule has 19 heavy (non-hydrogen) atoms. The van der Waals surface area contributed by atoms with Gasteiger partial charge in [-0.3, -0.25) is 0 Å². The van der Waals surface area contributed by atoms with E-state index in [-0.39, 0.29) is 0 Å². The molecule has 100 valence electrons. The van der Waals surface area contributed by atoms with E-state index in [1.807, 2.05) is 31.2 Å². The fourth-order valence-corrected chi connectivity index (χ4v) is 1.83. The van der Waals surface area contributed by atoms with Crippen molar-refractivity contribution < 1.29 is 13.5 Å². The summed E-state index contributed by atoms with van der Waals surface area (Å²) in [6.07, 6.45) is 1.17. The summed E-state index contributed by atoms with van der Waals surface area (Å²) >= 11 is 0. The first kappa shape index (κ1) is 13.5. The lowest BCUT2D eigenvalue weighted by atomic mass is 10.1. The van der Waals surface area contributed by atoms with Crippen molar-refractivity contribution in [3.8, 4) is 5.75 Å². The summed E-state index contributed by atoms with van der Waals surface area (Å²) in [4.78, 5) is 3.17. The van der Waals surface area contributed by atoms with Gasteiger partial charge in [-0.1, -0.05) is 12.1 Å². The maximum atomic E-state index is 13.3. The highest BCUT2D eigenvalue weighted by molar-refractivity contribution is 5.28. The Morgan fingerprint density at radius 1 is 1.00 bits per heavy atom. The fourth-order valence-electron chi connectivity index (χ4n) is 1.83. The lowest BCUT2D eigenvalue weighted by Crippen LogP contribution is -1.99. The highest BCUT2D eigenvalue weighted by Crippen LogP contribution is 2.15. The summed E-state index contributed by atoms with van der Waals surface area (Å²) < 4.78 is 31.4. The van der Waals surface area contributed by atoms with Gasteiger partial charge in [0.15, 0.2) is 0 Å². The second-order valence-electron chi connectivity index (χ2n) is 4.16. The molecule has 0 atom stereocenters. The molecule has 0 saturated heterocycles. The first-order valence-corrected chi connectivity index (χ1v) is 6.21. The van der Waals surface area contributed by atoms with Gasteiger partial charge in [-0.05, 0) is 49.6 Å². The van der Waals surface area contributed by atoms with Gasteiger partial charge >= 0.3 is 0 Å². The molecule has 0 spiro atoms. The lowest BCUT2D eigenvalue weighted by Gasteiger charge is -2.05. The fraction of sp³-hybridized carbons (Fsp3) is 0.267. The Hall–Kier alpha value is -1.97. The van der Waals surface area contributed by atoms with Gasteiger partial charge in [0.1, 0.15) is 5.75 Å². The minimum absolute atomic E-state index is 0.426. The Morgan fingerprint density at radius 3 is 2.37 bits per heavy atom. The van der Waals surface area contributed by atoms with Crippen LogP contribution >= 0.6 is 0 Å². The predicted octanol–water partition coefficient (Wildman–Crippen LogP) is 3.54. The molecular weight excluding hydrogens is 248 g/mol. The summed E-state index contributed by atoms with van der Waals surface area (Å²) in [5.41, 5.74) is 1.50. The van der Waals surface area contributed by atoms with Gasteiger partial charge in [-0.15, -0.1) is 0 Å². The van der Waals surface area contributed by atoms with E-state index in [2.05, 4.69) is 4.98 Å². The van der Waals surface area contributed by atoms with Crippen molar-refractivity contribution in [2.24, 2.45) is 0 Å². The Labute approximate surface area is 111 Å². The number of aryl methyl sites for hydroxylation is 2. The van der Waals surface area contributed by atoms with Gasteiger partial charge in [0.25, 0.3) is 0 Å². The highest BCUT2D eigenvalue weighted by atomic mass is 19.1.